The van der Waals surface area contributed by atoms with Gasteiger partial charge >= 0.3 is 0 Å². The van der Waals surface area contributed by atoms with E-state index in [1.807, 2.05) is 36.9 Å². The van der Waals surface area contributed by atoms with Crippen molar-refractivity contribution >= 4 is 69.3 Å². The lowest BCUT2D eigenvalue weighted by molar-refractivity contribution is -0.134. The lowest BCUT2D eigenvalue weighted by atomic mass is 9.61. The van der Waals surface area contributed by atoms with Crippen LogP contribution in [-0.4, -0.2) is 96.2 Å². The molecule has 4 aromatic rings. The molecule has 1 unspecified atom stereocenters. The predicted molar refractivity (Wildman–Crippen MR) is 232 cm³/mol. The Balaban J connectivity index is 0.825. The van der Waals surface area contributed by atoms with E-state index in [9.17, 15) is 24.0 Å². The van der Waals surface area contributed by atoms with Gasteiger partial charge in [0.15, 0.2) is 24.0 Å². The number of imide groups is 1. The van der Waals surface area contributed by atoms with Crippen molar-refractivity contribution < 1.29 is 33.0 Å². The van der Waals surface area contributed by atoms with Crippen LogP contribution >= 0.6 is 11.6 Å². The van der Waals surface area contributed by atoms with E-state index in [0.717, 1.165) is 62.5 Å². The van der Waals surface area contributed by atoms with Crippen molar-refractivity contribution in [2.75, 3.05) is 55.0 Å². The molecular formula is C44H51ClFN9O7. The van der Waals surface area contributed by atoms with Crippen LogP contribution in [-0.2, 0) is 19.1 Å². The smallest absolute Gasteiger partial charge is 0.293 e. The maximum Gasteiger partial charge on any atom is 0.293 e. The van der Waals surface area contributed by atoms with Crippen LogP contribution in [0.3, 0.4) is 0 Å². The Kier molecular flexibility index (Phi) is 12.4. The van der Waals surface area contributed by atoms with E-state index in [1.54, 1.807) is 29.0 Å². The second kappa shape index (κ2) is 17.9. The zero-order valence-electron chi connectivity index (χ0n) is 35.0. The monoisotopic (exact) mass is 871 g/mol. The van der Waals surface area contributed by atoms with Crippen LogP contribution in [0.15, 0.2) is 53.5 Å². The van der Waals surface area contributed by atoms with Crippen LogP contribution in [0.1, 0.15) is 81.6 Å². The van der Waals surface area contributed by atoms with Gasteiger partial charge in [-0.25, -0.2) is 9.37 Å². The van der Waals surface area contributed by atoms with Crippen LogP contribution in [0.25, 0.3) is 10.9 Å². The summed E-state index contributed by atoms with van der Waals surface area (Å²) in [4.78, 5) is 75.1. The molecular weight excluding hydrogens is 821 g/mol. The van der Waals surface area contributed by atoms with Gasteiger partial charge in [-0.2, -0.15) is 4.98 Å². The lowest BCUT2D eigenvalue weighted by Gasteiger charge is -2.53. The van der Waals surface area contributed by atoms with Crippen molar-refractivity contribution in [1.29, 1.82) is 0 Å². The van der Waals surface area contributed by atoms with Crippen molar-refractivity contribution in [2.45, 2.75) is 89.5 Å². The van der Waals surface area contributed by atoms with E-state index >= 15 is 4.39 Å². The summed E-state index contributed by atoms with van der Waals surface area (Å²) in [6.45, 7) is 6.32. The minimum absolute atomic E-state index is 0.0660. The minimum atomic E-state index is -0.886. The number of hydrogen-bond donors (Lipinski definition) is 4. The highest BCUT2D eigenvalue weighted by molar-refractivity contribution is 6.33. The summed E-state index contributed by atoms with van der Waals surface area (Å²) in [5, 5.41) is 11.7. The highest BCUT2D eigenvalue weighted by atomic mass is 35.5. The number of likely N-dealkylation sites (N-methyl/N-ethyl adjacent to an activating group) is 1. The van der Waals surface area contributed by atoms with Gasteiger partial charge in [-0.05, 0) is 101 Å². The molecule has 3 aliphatic heterocycles. The average molecular weight is 872 g/mol. The number of halogens is 2. The fraction of sp³-hybridized carbons (Fsp3) is 0.477. The third-order valence-corrected chi connectivity index (χ3v) is 12.8. The number of rotatable bonds is 12. The van der Waals surface area contributed by atoms with E-state index in [1.165, 1.54) is 13.1 Å². The fourth-order valence-electron chi connectivity index (χ4n) is 9.07. The van der Waals surface area contributed by atoms with Crippen LogP contribution in [0.5, 0.6) is 5.75 Å². The van der Waals surface area contributed by atoms with Gasteiger partial charge in [0.05, 0.1) is 35.2 Å². The van der Waals surface area contributed by atoms with E-state index < -0.39 is 23.7 Å². The highest BCUT2D eigenvalue weighted by Crippen LogP contribution is 2.51. The Morgan fingerprint density at radius 1 is 1.00 bits per heavy atom. The normalized spacial score (nSPS) is 19.4. The van der Waals surface area contributed by atoms with E-state index in [2.05, 4.69) is 31.2 Å². The summed E-state index contributed by atoms with van der Waals surface area (Å²) in [5.41, 5.74) is 1.52. The first-order valence-corrected chi connectivity index (χ1v) is 21.6. The molecule has 2 aromatic carbocycles. The molecule has 18 heteroatoms. The third kappa shape index (κ3) is 9.05. The number of aromatic nitrogens is 3. The second-order valence-corrected chi connectivity index (χ2v) is 17.4. The number of fused-ring (bicyclic) bond motifs is 1. The first kappa shape index (κ1) is 42.9. The van der Waals surface area contributed by atoms with E-state index in [0.29, 0.717) is 41.3 Å². The van der Waals surface area contributed by atoms with E-state index in [4.69, 9.17) is 26.1 Å². The van der Waals surface area contributed by atoms with Crippen LogP contribution in [0.2, 0.25) is 5.02 Å². The molecule has 1 aliphatic carbocycles. The Hall–Kier alpha value is -5.81. The van der Waals surface area contributed by atoms with Crippen molar-refractivity contribution in [3.05, 3.63) is 75.4 Å². The Labute approximate surface area is 362 Å². The quantitative estimate of drug-likeness (QED) is 0.140. The standard InChI is InChI=1S/C44H51ClFN9O7/c1-25(2)55-33-9-7-27(19-26(33)20-35(42(55)60)61-24-37(57)47-3)49-39-31(45)23-48-43(52-39)54-17-13-44(14-18-54)21-29(22-44)62-28-11-15-53(16-12-28)34-6-4-5-30(38(34)46)40(58)50-32-8-10-36(56)51-41(32)59/h4-7,9,19-20,23,25,28-29,32H,8,10-18,21-22,24H2,1-3H3,(H,47,57)(H,50,58)(H,48,49,52)(H,51,56,59). The van der Waals surface area contributed by atoms with Gasteiger partial charge in [0, 0.05) is 56.8 Å². The Morgan fingerprint density at radius 3 is 2.47 bits per heavy atom. The number of piperidine rings is 3. The molecule has 4 amide bonds. The number of nitrogens with zero attached hydrogens (tertiary/aromatic N) is 5. The first-order chi connectivity index (χ1) is 29.8. The second-order valence-electron chi connectivity index (χ2n) is 17.0. The van der Waals surface area contributed by atoms with Gasteiger partial charge < -0.3 is 39.8 Å². The topological polar surface area (TPSA) is 189 Å². The van der Waals surface area contributed by atoms with Gasteiger partial charge in [-0.15, -0.1) is 0 Å². The van der Waals surface area contributed by atoms with Gasteiger partial charge in [-0.3, -0.25) is 29.3 Å². The SMILES string of the molecule is CNC(=O)COc1cc2cc(Nc3nc(N4CCC5(CC4)CC(OC4CCN(c6cccc(C(=O)NC7CCC(=O)NC7=O)c6F)CC4)C5)ncc3Cl)ccc2n(C(C)C)c1=O. The number of carbonyl (C=O) groups excluding carboxylic acids is 4. The molecule has 1 spiro atoms. The average Bonchev–Trinajstić information content (AvgIpc) is 3.24. The van der Waals surface area contributed by atoms with Gasteiger partial charge in [0.1, 0.15) is 11.1 Å². The Morgan fingerprint density at radius 2 is 1.76 bits per heavy atom. The molecule has 16 nitrogen and oxygen atoms in total. The molecule has 2 aromatic heterocycles. The molecule has 0 bridgehead atoms. The van der Waals surface area contributed by atoms with Crippen molar-refractivity contribution in [1.82, 2.24) is 30.5 Å². The fourth-order valence-corrected chi connectivity index (χ4v) is 9.21. The van der Waals surface area contributed by atoms with Crippen molar-refractivity contribution in [2.24, 2.45) is 5.41 Å². The minimum Gasteiger partial charge on any atom is -0.478 e. The zero-order valence-corrected chi connectivity index (χ0v) is 35.7. The number of amides is 4. The summed E-state index contributed by atoms with van der Waals surface area (Å²) in [7, 11) is 1.51. The highest BCUT2D eigenvalue weighted by Gasteiger charge is 2.47. The summed E-state index contributed by atoms with van der Waals surface area (Å²) < 4.78 is 29.5. The van der Waals surface area contributed by atoms with Gasteiger partial charge in [0.25, 0.3) is 17.4 Å². The third-order valence-electron chi connectivity index (χ3n) is 12.5. The molecule has 4 fully saturated rings. The Bertz CT molecular complexity index is 2440. The predicted octanol–water partition coefficient (Wildman–Crippen LogP) is 5.00. The molecule has 62 heavy (non-hydrogen) atoms. The molecule has 4 aliphatic rings. The molecule has 1 saturated carbocycles. The number of pyridine rings is 1. The molecule has 1 atom stereocenters. The maximum atomic E-state index is 15.7. The van der Waals surface area contributed by atoms with Crippen molar-refractivity contribution in [3.8, 4) is 5.75 Å². The summed E-state index contributed by atoms with van der Waals surface area (Å²) in [5.74, 6) is -1.51. The number of ether oxygens (including phenoxy) is 2. The van der Waals surface area contributed by atoms with Crippen LogP contribution in [0, 0.1) is 11.2 Å². The summed E-state index contributed by atoms with van der Waals surface area (Å²) >= 11 is 6.60. The number of benzene rings is 2. The van der Waals surface area contributed by atoms with E-state index in [-0.39, 0.29) is 71.8 Å². The number of hydrogen-bond acceptors (Lipinski definition) is 12. The largest absolute Gasteiger partial charge is 0.478 e. The molecule has 5 heterocycles. The summed E-state index contributed by atoms with van der Waals surface area (Å²) in [6.07, 6.45) is 7.54. The van der Waals surface area contributed by atoms with Gasteiger partial charge in [-0.1, -0.05) is 17.7 Å². The van der Waals surface area contributed by atoms with Gasteiger partial charge in [0.2, 0.25) is 17.8 Å². The number of carbonyl (C=O) groups is 4. The van der Waals surface area contributed by atoms with Crippen LogP contribution < -0.4 is 41.4 Å². The maximum absolute atomic E-state index is 15.7. The molecule has 4 N–H and O–H groups in total. The molecule has 328 valence electrons. The number of nitrogens with one attached hydrogen (secondary N) is 4. The molecule has 3 saturated heterocycles. The molecule has 8 rings (SSSR count). The number of anilines is 4. The van der Waals surface area contributed by atoms with Crippen LogP contribution in [0.4, 0.5) is 27.5 Å². The summed E-state index contributed by atoms with van der Waals surface area (Å²) in [6, 6.07) is 10.9. The zero-order chi connectivity index (χ0) is 43.7. The lowest BCUT2D eigenvalue weighted by Crippen LogP contribution is -2.52. The first-order valence-electron chi connectivity index (χ1n) is 21.2. The van der Waals surface area contributed by atoms with Crippen molar-refractivity contribution in [3.63, 3.8) is 0 Å². The molecule has 0 radical (unpaired) electrons.